The van der Waals surface area contributed by atoms with E-state index in [2.05, 4.69) is 15.3 Å². The molecule has 0 saturated heterocycles. The zero-order chi connectivity index (χ0) is 10.9. The van der Waals surface area contributed by atoms with Crippen molar-refractivity contribution < 1.29 is 0 Å². The van der Waals surface area contributed by atoms with E-state index in [9.17, 15) is 0 Å². The molecule has 0 amide bonds. The molecule has 2 aromatic rings. The second-order valence-corrected chi connectivity index (χ2v) is 2.93. The van der Waals surface area contributed by atoms with Crippen LogP contribution in [0.3, 0.4) is 0 Å². The first-order valence-electron chi connectivity index (χ1n) is 4.79. The smallest absolute Gasteiger partial charge is 0.0886 e. The molecule has 0 saturated carbocycles. The maximum Gasteiger partial charge on any atom is 0.0886 e. The molecule has 0 aromatic carbocycles. The van der Waals surface area contributed by atoms with Crippen LogP contribution in [0.15, 0.2) is 48.8 Å². The second-order valence-electron chi connectivity index (χ2n) is 2.93. The van der Waals surface area contributed by atoms with Gasteiger partial charge in [-0.05, 0) is 38.4 Å². The minimum Gasteiger partial charge on any atom is -0.323 e. The van der Waals surface area contributed by atoms with Crippen molar-refractivity contribution in [3.05, 3.63) is 48.8 Å². The van der Waals surface area contributed by atoms with E-state index in [-0.39, 0.29) is 0 Å². The van der Waals surface area contributed by atoms with Crippen LogP contribution in [-0.4, -0.2) is 24.1 Å². The predicted octanol–water partition coefficient (Wildman–Crippen LogP) is 1.98. The molecule has 3 nitrogen and oxygen atoms in total. The Hall–Kier alpha value is -1.74. The summed E-state index contributed by atoms with van der Waals surface area (Å²) < 4.78 is 0. The Morgan fingerprint density at radius 3 is 1.47 bits per heavy atom. The van der Waals surface area contributed by atoms with E-state index in [1.165, 1.54) is 0 Å². The minimum absolute atomic E-state index is 0.915. The van der Waals surface area contributed by atoms with Crippen molar-refractivity contribution in [2.45, 2.75) is 0 Å². The standard InChI is InChI=1S/C10H8N2.C2H7N/c1-3-7-11-9(5-1)10-6-2-4-8-12-10;1-3-2/h1-8H;3H,1-2H3. The molecule has 2 aromatic heterocycles. The van der Waals surface area contributed by atoms with E-state index in [0.29, 0.717) is 0 Å². The second kappa shape index (κ2) is 6.68. The quantitative estimate of drug-likeness (QED) is 0.766. The Labute approximate surface area is 90.2 Å². The molecule has 0 aliphatic carbocycles. The molecule has 3 heteroatoms. The molecule has 2 heterocycles. The Morgan fingerprint density at radius 2 is 1.20 bits per heavy atom. The van der Waals surface area contributed by atoms with Gasteiger partial charge < -0.3 is 5.32 Å². The largest absolute Gasteiger partial charge is 0.323 e. The van der Waals surface area contributed by atoms with Gasteiger partial charge in [0.2, 0.25) is 0 Å². The van der Waals surface area contributed by atoms with Crippen LogP contribution in [-0.2, 0) is 0 Å². The monoisotopic (exact) mass is 201 g/mol. The summed E-state index contributed by atoms with van der Waals surface area (Å²) in [5.74, 6) is 0. The van der Waals surface area contributed by atoms with Crippen LogP contribution in [0.25, 0.3) is 11.4 Å². The third kappa shape index (κ3) is 3.87. The number of pyridine rings is 2. The highest BCUT2D eigenvalue weighted by molar-refractivity contribution is 5.52. The molecule has 2 rings (SSSR count). The van der Waals surface area contributed by atoms with E-state index in [1.807, 2.05) is 50.5 Å². The molecule has 0 spiro atoms. The lowest BCUT2D eigenvalue weighted by molar-refractivity contribution is 1.02. The number of aromatic nitrogens is 2. The summed E-state index contributed by atoms with van der Waals surface area (Å²) in [7, 11) is 3.75. The van der Waals surface area contributed by atoms with Gasteiger partial charge in [-0.25, -0.2) is 0 Å². The Balaban J connectivity index is 0.000000337. The van der Waals surface area contributed by atoms with Crippen molar-refractivity contribution in [2.75, 3.05) is 14.1 Å². The summed E-state index contributed by atoms with van der Waals surface area (Å²) in [5, 5.41) is 2.75. The van der Waals surface area contributed by atoms with E-state index < -0.39 is 0 Å². The average Bonchev–Trinajstić information content (AvgIpc) is 2.32. The van der Waals surface area contributed by atoms with Gasteiger partial charge in [0.15, 0.2) is 0 Å². The molecule has 1 N–H and O–H groups in total. The zero-order valence-electron chi connectivity index (χ0n) is 9.01. The Bertz CT molecular complexity index is 322. The molecule has 0 fully saturated rings. The summed E-state index contributed by atoms with van der Waals surface area (Å²) in [6.45, 7) is 0. The van der Waals surface area contributed by atoms with Gasteiger partial charge in [-0.15, -0.1) is 0 Å². The average molecular weight is 201 g/mol. The first-order valence-corrected chi connectivity index (χ1v) is 4.79. The van der Waals surface area contributed by atoms with Crippen molar-refractivity contribution in [3.63, 3.8) is 0 Å². The third-order valence-corrected chi connectivity index (χ3v) is 1.59. The van der Waals surface area contributed by atoms with Crippen molar-refractivity contribution in [3.8, 4) is 11.4 Å². The van der Waals surface area contributed by atoms with Gasteiger partial charge in [-0.2, -0.15) is 0 Å². The van der Waals surface area contributed by atoms with Crippen LogP contribution < -0.4 is 5.32 Å². The van der Waals surface area contributed by atoms with Gasteiger partial charge in [0, 0.05) is 12.4 Å². The fourth-order valence-electron chi connectivity index (χ4n) is 1.03. The van der Waals surface area contributed by atoms with Gasteiger partial charge >= 0.3 is 0 Å². The first kappa shape index (κ1) is 11.3. The fourth-order valence-corrected chi connectivity index (χ4v) is 1.03. The van der Waals surface area contributed by atoms with Crippen LogP contribution in [0.4, 0.5) is 0 Å². The summed E-state index contributed by atoms with van der Waals surface area (Å²) in [4.78, 5) is 8.37. The van der Waals surface area contributed by atoms with Gasteiger partial charge in [0.25, 0.3) is 0 Å². The maximum atomic E-state index is 4.19. The lowest BCUT2D eigenvalue weighted by Gasteiger charge is -1.96. The molecule has 0 unspecified atom stereocenters. The molecular weight excluding hydrogens is 186 g/mol. The van der Waals surface area contributed by atoms with E-state index in [4.69, 9.17) is 0 Å². The summed E-state index contributed by atoms with van der Waals surface area (Å²) in [6.07, 6.45) is 3.54. The topological polar surface area (TPSA) is 37.8 Å². The summed E-state index contributed by atoms with van der Waals surface area (Å²) >= 11 is 0. The van der Waals surface area contributed by atoms with Crippen LogP contribution in [0.2, 0.25) is 0 Å². The number of hydrogen-bond donors (Lipinski definition) is 1. The SMILES string of the molecule is CNC.c1ccc(-c2ccccn2)nc1. The summed E-state index contributed by atoms with van der Waals surface area (Å²) in [5.41, 5.74) is 1.83. The normalized spacial score (nSPS) is 8.93. The summed E-state index contributed by atoms with van der Waals surface area (Å²) in [6, 6.07) is 11.6. The Morgan fingerprint density at radius 1 is 0.800 bits per heavy atom. The van der Waals surface area contributed by atoms with E-state index in [1.54, 1.807) is 12.4 Å². The molecule has 0 bridgehead atoms. The zero-order valence-corrected chi connectivity index (χ0v) is 9.01. The van der Waals surface area contributed by atoms with Crippen molar-refractivity contribution in [2.24, 2.45) is 0 Å². The van der Waals surface area contributed by atoms with Gasteiger partial charge in [0.05, 0.1) is 11.4 Å². The number of nitrogens with zero attached hydrogens (tertiary/aromatic N) is 2. The van der Waals surface area contributed by atoms with Crippen molar-refractivity contribution >= 4 is 0 Å². The molecule has 0 radical (unpaired) electrons. The molecule has 0 aliphatic rings. The minimum atomic E-state index is 0.915. The van der Waals surface area contributed by atoms with Gasteiger partial charge in [-0.3, -0.25) is 9.97 Å². The molecule has 0 atom stereocenters. The molecule has 15 heavy (non-hydrogen) atoms. The van der Waals surface area contributed by atoms with Crippen LogP contribution in [0, 0.1) is 0 Å². The Kier molecular flexibility index (Phi) is 5.04. The molecule has 78 valence electrons. The van der Waals surface area contributed by atoms with Crippen LogP contribution in [0.1, 0.15) is 0 Å². The van der Waals surface area contributed by atoms with Crippen LogP contribution in [0.5, 0.6) is 0 Å². The number of hydrogen-bond acceptors (Lipinski definition) is 3. The molecule has 0 aliphatic heterocycles. The maximum absolute atomic E-state index is 4.19. The molecular formula is C12H15N3. The fraction of sp³-hybridized carbons (Fsp3) is 0.167. The van der Waals surface area contributed by atoms with Crippen LogP contribution >= 0.6 is 0 Å². The third-order valence-electron chi connectivity index (χ3n) is 1.59. The van der Waals surface area contributed by atoms with Gasteiger partial charge in [-0.1, -0.05) is 12.1 Å². The van der Waals surface area contributed by atoms with Crippen molar-refractivity contribution in [1.82, 2.24) is 15.3 Å². The highest BCUT2D eigenvalue weighted by Gasteiger charge is 1.95. The van der Waals surface area contributed by atoms with Gasteiger partial charge in [0.1, 0.15) is 0 Å². The lowest BCUT2D eigenvalue weighted by Crippen LogP contribution is -1.89. The first-order chi connectivity index (χ1) is 7.38. The number of nitrogens with one attached hydrogen (secondary N) is 1. The van der Waals surface area contributed by atoms with E-state index in [0.717, 1.165) is 11.4 Å². The highest BCUT2D eigenvalue weighted by Crippen LogP contribution is 2.10. The number of rotatable bonds is 1. The highest BCUT2D eigenvalue weighted by atomic mass is 14.7. The van der Waals surface area contributed by atoms with Crippen molar-refractivity contribution in [1.29, 1.82) is 0 Å². The van der Waals surface area contributed by atoms with E-state index >= 15 is 0 Å². The predicted molar refractivity (Wildman–Crippen MR) is 62.5 cm³/mol. The lowest BCUT2D eigenvalue weighted by atomic mass is 10.2.